The lowest BCUT2D eigenvalue weighted by Crippen LogP contribution is -2.30. The summed E-state index contributed by atoms with van der Waals surface area (Å²) in [4.78, 5) is 17.2. The van der Waals surface area contributed by atoms with E-state index in [1.54, 1.807) is 0 Å². The molecule has 1 aliphatic carbocycles. The molecule has 0 radical (unpaired) electrons. The lowest BCUT2D eigenvalue weighted by Gasteiger charge is -2.17. The van der Waals surface area contributed by atoms with Crippen LogP contribution in [0.15, 0.2) is 29.2 Å². The van der Waals surface area contributed by atoms with Crippen molar-refractivity contribution in [3.05, 3.63) is 52.0 Å². The van der Waals surface area contributed by atoms with Gasteiger partial charge in [0.2, 0.25) is 0 Å². The van der Waals surface area contributed by atoms with Gasteiger partial charge in [0.05, 0.1) is 16.9 Å². The number of rotatable bonds is 4. The van der Waals surface area contributed by atoms with Gasteiger partial charge in [-0.15, -0.1) is 0 Å². The quantitative estimate of drug-likeness (QED) is 0.758. The maximum absolute atomic E-state index is 13.8. The van der Waals surface area contributed by atoms with Gasteiger partial charge in [-0.05, 0) is 30.9 Å². The average molecular weight is 349 g/mol. The molecule has 0 bridgehead atoms. The van der Waals surface area contributed by atoms with E-state index >= 15 is 0 Å². The molecule has 1 aliphatic rings. The third-order valence-corrected chi connectivity index (χ3v) is 4.37. The van der Waals surface area contributed by atoms with Crippen molar-refractivity contribution in [2.24, 2.45) is 11.7 Å². The predicted octanol–water partition coefficient (Wildman–Crippen LogP) is 2.60. The highest BCUT2D eigenvalue weighted by atomic mass is 19.3. The highest BCUT2D eigenvalue weighted by molar-refractivity contribution is 5.81. The minimum Gasteiger partial charge on any atom is -0.321 e. The number of H-pyrrole nitrogens is 1. The molecule has 2 aromatic heterocycles. The Morgan fingerprint density at radius 2 is 2.08 bits per heavy atom. The fraction of sp³-hybridized carbons (Fsp3) is 0.312. The van der Waals surface area contributed by atoms with Gasteiger partial charge in [0.15, 0.2) is 5.82 Å². The molecule has 0 spiro atoms. The van der Waals surface area contributed by atoms with Crippen molar-refractivity contribution in [1.29, 1.82) is 0 Å². The minimum absolute atomic E-state index is 0.130. The standard InChI is InChI=1S/C16H14F3N5O/c17-8-5-9(14(18)19)13-10(6-8)16(25)24(11-3-4-21-23-11)15(22-13)12(20)7-1-2-7/h3-7,12,14H,1-2,20H2,(H,21,23)/t12-/m0/s1. The Kier molecular flexibility index (Phi) is 3.60. The molecule has 3 N–H and O–H groups in total. The van der Waals surface area contributed by atoms with E-state index in [1.807, 2.05) is 0 Å². The van der Waals surface area contributed by atoms with E-state index < -0.39 is 29.4 Å². The number of hydrogen-bond donors (Lipinski definition) is 2. The van der Waals surface area contributed by atoms with Crippen LogP contribution in [0.5, 0.6) is 0 Å². The van der Waals surface area contributed by atoms with Crippen molar-refractivity contribution in [3.8, 4) is 5.82 Å². The van der Waals surface area contributed by atoms with Crippen LogP contribution in [0.3, 0.4) is 0 Å². The van der Waals surface area contributed by atoms with E-state index in [4.69, 9.17) is 5.73 Å². The minimum atomic E-state index is -2.96. The molecular weight excluding hydrogens is 335 g/mol. The van der Waals surface area contributed by atoms with Gasteiger partial charge in [0.1, 0.15) is 11.6 Å². The number of nitrogens with zero attached hydrogens (tertiary/aromatic N) is 3. The van der Waals surface area contributed by atoms with E-state index in [-0.39, 0.29) is 28.5 Å². The van der Waals surface area contributed by atoms with Gasteiger partial charge < -0.3 is 5.73 Å². The third-order valence-electron chi connectivity index (χ3n) is 4.37. The van der Waals surface area contributed by atoms with Gasteiger partial charge in [-0.25, -0.2) is 22.7 Å². The molecule has 25 heavy (non-hydrogen) atoms. The van der Waals surface area contributed by atoms with Crippen LogP contribution < -0.4 is 11.3 Å². The largest absolute Gasteiger partial charge is 0.321 e. The van der Waals surface area contributed by atoms with Crippen molar-refractivity contribution >= 4 is 10.9 Å². The lowest BCUT2D eigenvalue weighted by molar-refractivity contribution is 0.152. The van der Waals surface area contributed by atoms with E-state index in [9.17, 15) is 18.0 Å². The molecule has 0 amide bonds. The van der Waals surface area contributed by atoms with Gasteiger partial charge >= 0.3 is 0 Å². The molecule has 0 aliphatic heterocycles. The van der Waals surface area contributed by atoms with E-state index in [0.717, 1.165) is 23.5 Å². The summed E-state index contributed by atoms with van der Waals surface area (Å²) in [7, 11) is 0. The Morgan fingerprint density at radius 3 is 2.68 bits per heavy atom. The van der Waals surface area contributed by atoms with Gasteiger partial charge in [-0.2, -0.15) is 5.10 Å². The Hall–Kier alpha value is -2.68. The molecule has 1 aromatic carbocycles. The summed E-state index contributed by atoms with van der Waals surface area (Å²) in [5.41, 5.74) is 4.68. The third kappa shape index (κ3) is 2.60. The summed E-state index contributed by atoms with van der Waals surface area (Å²) in [6, 6.07) is 2.55. The summed E-state index contributed by atoms with van der Waals surface area (Å²) < 4.78 is 41.6. The summed E-state index contributed by atoms with van der Waals surface area (Å²) in [6.45, 7) is 0. The Bertz CT molecular complexity index is 995. The maximum Gasteiger partial charge on any atom is 0.267 e. The van der Waals surface area contributed by atoms with Gasteiger partial charge in [0.25, 0.3) is 12.0 Å². The molecule has 1 fully saturated rings. The molecule has 3 aromatic rings. The maximum atomic E-state index is 13.8. The zero-order chi connectivity index (χ0) is 17.7. The molecule has 6 nitrogen and oxygen atoms in total. The monoisotopic (exact) mass is 349 g/mol. The van der Waals surface area contributed by atoms with Crippen molar-refractivity contribution in [3.63, 3.8) is 0 Å². The van der Waals surface area contributed by atoms with E-state index in [1.165, 1.54) is 12.3 Å². The second-order valence-electron chi connectivity index (χ2n) is 6.10. The van der Waals surface area contributed by atoms with Crippen molar-refractivity contribution in [2.75, 3.05) is 0 Å². The predicted molar refractivity (Wildman–Crippen MR) is 84.1 cm³/mol. The number of fused-ring (bicyclic) bond motifs is 1. The molecular formula is C16H14F3N5O. The van der Waals surface area contributed by atoms with Crippen LogP contribution in [0.4, 0.5) is 13.2 Å². The van der Waals surface area contributed by atoms with Gasteiger partial charge in [0, 0.05) is 17.8 Å². The fourth-order valence-corrected chi connectivity index (χ4v) is 2.95. The van der Waals surface area contributed by atoms with Crippen LogP contribution >= 0.6 is 0 Å². The van der Waals surface area contributed by atoms with E-state index in [0.29, 0.717) is 6.07 Å². The van der Waals surface area contributed by atoms with Crippen molar-refractivity contribution < 1.29 is 13.2 Å². The van der Waals surface area contributed by atoms with Crippen molar-refractivity contribution in [2.45, 2.75) is 25.3 Å². The first kappa shape index (κ1) is 15.8. The van der Waals surface area contributed by atoms with Crippen LogP contribution in [0.25, 0.3) is 16.7 Å². The first-order chi connectivity index (χ1) is 12.0. The summed E-state index contributed by atoms with van der Waals surface area (Å²) in [5, 5.41) is 6.31. The van der Waals surface area contributed by atoms with Crippen molar-refractivity contribution in [1.82, 2.24) is 19.7 Å². The molecule has 9 heteroatoms. The second kappa shape index (κ2) is 5.69. The first-order valence-electron chi connectivity index (χ1n) is 7.77. The topological polar surface area (TPSA) is 89.6 Å². The Labute approximate surface area is 139 Å². The Balaban J connectivity index is 2.09. The molecule has 0 saturated heterocycles. The second-order valence-corrected chi connectivity index (χ2v) is 6.10. The van der Waals surface area contributed by atoms with Crippen LogP contribution in [0.2, 0.25) is 0 Å². The molecule has 1 atom stereocenters. The van der Waals surface area contributed by atoms with Crippen LogP contribution in [0.1, 0.15) is 36.7 Å². The number of aromatic amines is 1. The number of benzene rings is 1. The molecule has 0 unspecified atom stereocenters. The van der Waals surface area contributed by atoms with Crippen LogP contribution in [-0.2, 0) is 0 Å². The highest BCUT2D eigenvalue weighted by Gasteiger charge is 2.34. The molecule has 1 saturated carbocycles. The summed E-state index contributed by atoms with van der Waals surface area (Å²) in [5.74, 6) is -0.409. The molecule has 2 heterocycles. The van der Waals surface area contributed by atoms with Gasteiger partial charge in [-0.1, -0.05) is 0 Å². The zero-order valence-corrected chi connectivity index (χ0v) is 12.9. The summed E-state index contributed by atoms with van der Waals surface area (Å²) >= 11 is 0. The smallest absolute Gasteiger partial charge is 0.267 e. The average Bonchev–Trinajstić information content (AvgIpc) is 3.29. The number of aromatic nitrogens is 4. The fourth-order valence-electron chi connectivity index (χ4n) is 2.95. The highest BCUT2D eigenvalue weighted by Crippen LogP contribution is 2.39. The number of hydrogen-bond acceptors (Lipinski definition) is 4. The molecule has 4 rings (SSSR count). The SMILES string of the molecule is N[C@H](c1nc2c(C(F)F)cc(F)cc2c(=O)n1-c1cc[nH]n1)C1CC1. The normalized spacial score (nSPS) is 15.9. The first-order valence-corrected chi connectivity index (χ1v) is 7.77. The van der Waals surface area contributed by atoms with Crippen LogP contribution in [-0.4, -0.2) is 19.7 Å². The Morgan fingerprint density at radius 1 is 1.32 bits per heavy atom. The number of nitrogens with one attached hydrogen (secondary N) is 1. The van der Waals surface area contributed by atoms with E-state index in [2.05, 4.69) is 15.2 Å². The number of halogens is 3. The number of nitrogens with two attached hydrogens (primary N) is 1. The number of alkyl halides is 2. The van der Waals surface area contributed by atoms with Gasteiger partial charge in [-0.3, -0.25) is 9.89 Å². The molecule has 130 valence electrons. The lowest BCUT2D eigenvalue weighted by atomic mass is 10.1. The zero-order valence-electron chi connectivity index (χ0n) is 12.9. The summed E-state index contributed by atoms with van der Waals surface area (Å²) in [6.07, 6.45) is 0.298. The van der Waals surface area contributed by atoms with Crippen LogP contribution in [0, 0.1) is 11.7 Å².